The van der Waals surface area contributed by atoms with Gasteiger partial charge < -0.3 is 14.7 Å². The number of imidazole rings is 1. The highest BCUT2D eigenvalue weighted by atomic mass is 32.1. The summed E-state index contributed by atoms with van der Waals surface area (Å²) in [6.45, 7) is 2.26. The largest absolute Gasteiger partial charge is 0.469 e. The van der Waals surface area contributed by atoms with Gasteiger partial charge in [0.1, 0.15) is 0 Å². The molecule has 1 heterocycles. The molecule has 144 valence electrons. The highest BCUT2D eigenvalue weighted by Gasteiger charge is 2.06. The summed E-state index contributed by atoms with van der Waals surface area (Å²) in [5.74, 6) is -0.0979. The maximum absolute atomic E-state index is 11.0. The number of aryl methyl sites for hydroxylation is 2. The number of esters is 1. The van der Waals surface area contributed by atoms with Crippen molar-refractivity contribution in [1.82, 2.24) is 9.97 Å². The predicted molar refractivity (Wildman–Crippen MR) is 106 cm³/mol. The summed E-state index contributed by atoms with van der Waals surface area (Å²) in [6.07, 6.45) is 16.2. The Kier molecular flexibility index (Phi) is 12.4. The standard InChI is InChI=1S/C20H36N2O2S/c1-3-4-5-6-8-11-14-17-18(22-20(25)21-17)15-12-9-7-10-13-16-19(23)24-2/h3-16H2,1-2H3,(H2,21,22,25). The van der Waals surface area contributed by atoms with Crippen LogP contribution in [0.3, 0.4) is 0 Å². The van der Waals surface area contributed by atoms with Crippen LogP contribution in [0.4, 0.5) is 0 Å². The van der Waals surface area contributed by atoms with E-state index in [1.165, 1.54) is 76.3 Å². The average molecular weight is 369 g/mol. The van der Waals surface area contributed by atoms with E-state index >= 15 is 0 Å². The number of H-pyrrole nitrogens is 2. The van der Waals surface area contributed by atoms with Gasteiger partial charge in [0.15, 0.2) is 4.77 Å². The Bertz CT molecular complexity index is 522. The van der Waals surface area contributed by atoms with Crippen LogP contribution in [-0.2, 0) is 22.4 Å². The number of unbranched alkanes of at least 4 members (excludes halogenated alkanes) is 9. The Balaban J connectivity index is 2.16. The highest BCUT2D eigenvalue weighted by molar-refractivity contribution is 7.71. The smallest absolute Gasteiger partial charge is 0.305 e. The second-order valence-electron chi connectivity index (χ2n) is 6.90. The number of carbonyl (C=O) groups is 1. The lowest BCUT2D eigenvalue weighted by Crippen LogP contribution is -1.99. The van der Waals surface area contributed by atoms with Gasteiger partial charge in [-0.25, -0.2) is 0 Å². The van der Waals surface area contributed by atoms with Gasteiger partial charge in [0.2, 0.25) is 0 Å². The molecule has 0 aliphatic heterocycles. The highest BCUT2D eigenvalue weighted by Crippen LogP contribution is 2.15. The first kappa shape index (κ1) is 21.9. The van der Waals surface area contributed by atoms with E-state index in [1.807, 2.05) is 0 Å². The molecule has 0 aliphatic carbocycles. The fourth-order valence-electron chi connectivity index (χ4n) is 3.17. The summed E-state index contributed by atoms with van der Waals surface area (Å²) >= 11 is 5.27. The van der Waals surface area contributed by atoms with Gasteiger partial charge in [-0.05, 0) is 44.3 Å². The first-order chi connectivity index (χ1) is 12.2. The number of aromatic amines is 2. The van der Waals surface area contributed by atoms with Crippen LogP contribution in [0.2, 0.25) is 0 Å². The summed E-state index contributed by atoms with van der Waals surface area (Å²) in [4.78, 5) is 17.7. The number of aromatic nitrogens is 2. The first-order valence-corrected chi connectivity index (χ1v) is 10.4. The number of carbonyl (C=O) groups excluding carboxylic acids is 1. The number of methoxy groups -OCH3 is 1. The molecule has 0 unspecified atom stereocenters. The van der Waals surface area contributed by atoms with Crippen LogP contribution in [0.15, 0.2) is 0 Å². The third kappa shape index (κ3) is 10.5. The van der Waals surface area contributed by atoms with Gasteiger partial charge in [0.25, 0.3) is 0 Å². The number of hydrogen-bond acceptors (Lipinski definition) is 3. The third-order valence-electron chi connectivity index (χ3n) is 4.71. The Morgan fingerprint density at radius 1 is 0.840 bits per heavy atom. The molecule has 0 saturated heterocycles. The summed E-state index contributed by atoms with van der Waals surface area (Å²) in [5.41, 5.74) is 2.61. The third-order valence-corrected chi connectivity index (χ3v) is 4.91. The van der Waals surface area contributed by atoms with Crippen molar-refractivity contribution in [3.05, 3.63) is 16.2 Å². The Hall–Kier alpha value is -1.10. The molecule has 1 aromatic heterocycles. The second kappa shape index (κ2) is 14.1. The average Bonchev–Trinajstić information content (AvgIpc) is 2.96. The fourth-order valence-corrected chi connectivity index (χ4v) is 3.42. The normalized spacial score (nSPS) is 11.0. The van der Waals surface area contributed by atoms with E-state index < -0.39 is 0 Å². The maximum atomic E-state index is 11.0. The maximum Gasteiger partial charge on any atom is 0.305 e. The van der Waals surface area contributed by atoms with Crippen LogP contribution in [0.25, 0.3) is 0 Å². The zero-order chi connectivity index (χ0) is 18.3. The Morgan fingerprint density at radius 3 is 1.84 bits per heavy atom. The van der Waals surface area contributed by atoms with Crippen LogP contribution in [0, 0.1) is 4.77 Å². The molecule has 25 heavy (non-hydrogen) atoms. The molecule has 2 N–H and O–H groups in total. The Labute approximate surface area is 158 Å². The number of nitrogens with one attached hydrogen (secondary N) is 2. The van der Waals surface area contributed by atoms with E-state index in [0.717, 1.165) is 30.5 Å². The van der Waals surface area contributed by atoms with Crippen molar-refractivity contribution >= 4 is 18.2 Å². The first-order valence-electron chi connectivity index (χ1n) is 10.0. The van der Waals surface area contributed by atoms with E-state index in [0.29, 0.717) is 6.42 Å². The van der Waals surface area contributed by atoms with Gasteiger partial charge in [0.05, 0.1) is 7.11 Å². The Morgan fingerprint density at radius 2 is 1.32 bits per heavy atom. The number of hydrogen-bond donors (Lipinski definition) is 2. The zero-order valence-corrected chi connectivity index (χ0v) is 16.9. The molecule has 0 spiro atoms. The molecule has 0 aromatic carbocycles. The van der Waals surface area contributed by atoms with Gasteiger partial charge in [-0.15, -0.1) is 0 Å². The van der Waals surface area contributed by atoms with E-state index in [1.54, 1.807) is 0 Å². The minimum Gasteiger partial charge on any atom is -0.469 e. The van der Waals surface area contributed by atoms with Gasteiger partial charge in [-0.2, -0.15) is 0 Å². The monoisotopic (exact) mass is 368 g/mol. The minimum atomic E-state index is -0.0979. The fraction of sp³-hybridized carbons (Fsp3) is 0.800. The summed E-state index contributed by atoms with van der Waals surface area (Å²) in [6, 6.07) is 0. The molecule has 0 fully saturated rings. The van der Waals surface area contributed by atoms with E-state index in [4.69, 9.17) is 12.2 Å². The topological polar surface area (TPSA) is 57.9 Å². The van der Waals surface area contributed by atoms with Crippen molar-refractivity contribution in [2.45, 2.75) is 96.8 Å². The molecular formula is C20H36N2O2S. The minimum absolute atomic E-state index is 0.0979. The van der Waals surface area contributed by atoms with Crippen LogP contribution in [0.5, 0.6) is 0 Å². The molecule has 0 saturated carbocycles. The van der Waals surface area contributed by atoms with Crippen molar-refractivity contribution in [3.8, 4) is 0 Å². The second-order valence-corrected chi connectivity index (χ2v) is 7.31. The molecule has 0 atom stereocenters. The van der Waals surface area contributed by atoms with Crippen LogP contribution in [0.1, 0.15) is 95.4 Å². The van der Waals surface area contributed by atoms with E-state index in [2.05, 4.69) is 21.6 Å². The van der Waals surface area contributed by atoms with Crippen molar-refractivity contribution < 1.29 is 9.53 Å². The molecule has 1 aromatic rings. The molecular weight excluding hydrogens is 332 g/mol. The summed E-state index contributed by atoms with van der Waals surface area (Å²) < 4.78 is 5.41. The number of rotatable bonds is 15. The summed E-state index contributed by atoms with van der Waals surface area (Å²) in [7, 11) is 1.45. The van der Waals surface area contributed by atoms with E-state index in [-0.39, 0.29) is 5.97 Å². The van der Waals surface area contributed by atoms with Crippen molar-refractivity contribution in [1.29, 1.82) is 0 Å². The summed E-state index contributed by atoms with van der Waals surface area (Å²) in [5, 5.41) is 0. The lowest BCUT2D eigenvalue weighted by Gasteiger charge is -2.05. The van der Waals surface area contributed by atoms with Gasteiger partial charge >= 0.3 is 5.97 Å². The lowest BCUT2D eigenvalue weighted by molar-refractivity contribution is -0.140. The lowest BCUT2D eigenvalue weighted by atomic mass is 10.0. The van der Waals surface area contributed by atoms with Gasteiger partial charge in [-0.1, -0.05) is 58.3 Å². The molecule has 0 radical (unpaired) electrons. The quantitative estimate of drug-likeness (QED) is 0.226. The molecule has 1 rings (SSSR count). The van der Waals surface area contributed by atoms with Crippen LogP contribution < -0.4 is 0 Å². The van der Waals surface area contributed by atoms with Crippen molar-refractivity contribution in [2.75, 3.05) is 7.11 Å². The molecule has 0 bridgehead atoms. The van der Waals surface area contributed by atoms with Gasteiger partial charge in [0, 0.05) is 17.8 Å². The predicted octanol–water partition coefficient (Wildman–Crippen LogP) is 6.03. The van der Waals surface area contributed by atoms with Crippen molar-refractivity contribution in [2.24, 2.45) is 0 Å². The molecule has 4 nitrogen and oxygen atoms in total. The molecule has 0 amide bonds. The van der Waals surface area contributed by atoms with Crippen molar-refractivity contribution in [3.63, 3.8) is 0 Å². The number of ether oxygens (including phenoxy) is 1. The molecule has 0 aliphatic rings. The van der Waals surface area contributed by atoms with Gasteiger partial charge in [-0.3, -0.25) is 4.79 Å². The SMILES string of the molecule is CCCCCCCCc1[nH]c(=S)[nH]c1CCCCCCCC(=O)OC. The van der Waals surface area contributed by atoms with Crippen LogP contribution in [-0.4, -0.2) is 23.0 Å². The zero-order valence-electron chi connectivity index (χ0n) is 16.1. The van der Waals surface area contributed by atoms with E-state index in [9.17, 15) is 4.79 Å². The molecule has 5 heteroatoms. The van der Waals surface area contributed by atoms with Crippen LogP contribution >= 0.6 is 12.2 Å².